The van der Waals surface area contributed by atoms with Crippen LogP contribution in [-0.2, 0) is 9.53 Å². The van der Waals surface area contributed by atoms with E-state index < -0.39 is 0 Å². The monoisotopic (exact) mass is 496 g/mol. The number of ether oxygens (including phenoxy) is 3. The summed E-state index contributed by atoms with van der Waals surface area (Å²) in [5.74, 6) is 3.10. The first-order chi connectivity index (χ1) is 17.7. The Hall–Kier alpha value is -3.11. The molecule has 3 aliphatic heterocycles. The lowest BCUT2D eigenvalue weighted by Gasteiger charge is -2.37. The summed E-state index contributed by atoms with van der Waals surface area (Å²) in [6, 6.07) is 11.4. The van der Waals surface area contributed by atoms with Gasteiger partial charge in [0.2, 0.25) is 0 Å². The van der Waals surface area contributed by atoms with E-state index >= 15 is 0 Å². The van der Waals surface area contributed by atoms with Gasteiger partial charge in [-0.25, -0.2) is 0 Å². The zero-order valence-corrected chi connectivity index (χ0v) is 21.1. The first kappa shape index (κ1) is 24.6. The third-order valence-corrected chi connectivity index (χ3v) is 7.18. The molecule has 10 heteroatoms. The molecular weight excluding hydrogens is 460 g/mol. The highest BCUT2D eigenvalue weighted by atomic mass is 16.5. The summed E-state index contributed by atoms with van der Waals surface area (Å²) in [6.45, 7) is 8.66. The average Bonchev–Trinajstić information content (AvgIpc) is 3.45. The van der Waals surface area contributed by atoms with Gasteiger partial charge in [-0.2, -0.15) is 0 Å². The van der Waals surface area contributed by atoms with Crippen molar-refractivity contribution in [2.24, 2.45) is 0 Å². The predicted molar refractivity (Wildman–Crippen MR) is 137 cm³/mol. The molecule has 0 spiro atoms. The van der Waals surface area contributed by atoms with Gasteiger partial charge in [-0.1, -0.05) is 6.07 Å². The van der Waals surface area contributed by atoms with Gasteiger partial charge in [0.1, 0.15) is 11.5 Å². The molecule has 36 heavy (non-hydrogen) atoms. The number of anilines is 2. The zero-order valence-electron chi connectivity index (χ0n) is 21.1. The molecule has 0 radical (unpaired) electrons. The van der Waals surface area contributed by atoms with Crippen molar-refractivity contribution in [3.63, 3.8) is 0 Å². The highest BCUT2D eigenvalue weighted by molar-refractivity contribution is 5.78. The van der Waals surface area contributed by atoms with Gasteiger partial charge < -0.3 is 28.9 Å². The van der Waals surface area contributed by atoms with Gasteiger partial charge >= 0.3 is 0 Å². The molecule has 3 saturated heterocycles. The number of rotatable bonds is 8. The molecule has 2 aromatic rings. The number of hydrogen-bond acceptors (Lipinski definition) is 9. The van der Waals surface area contributed by atoms with Gasteiger partial charge in [0, 0.05) is 71.6 Å². The van der Waals surface area contributed by atoms with Crippen LogP contribution in [0, 0.1) is 0 Å². The Morgan fingerprint density at radius 3 is 2.22 bits per heavy atom. The van der Waals surface area contributed by atoms with Gasteiger partial charge in [0.05, 0.1) is 13.2 Å². The van der Waals surface area contributed by atoms with Crippen molar-refractivity contribution in [2.45, 2.75) is 18.9 Å². The molecule has 5 rings (SSSR count). The van der Waals surface area contributed by atoms with E-state index in [1.807, 2.05) is 29.2 Å². The summed E-state index contributed by atoms with van der Waals surface area (Å²) in [7, 11) is 1.61. The number of benzene rings is 1. The van der Waals surface area contributed by atoms with E-state index in [4.69, 9.17) is 14.2 Å². The second kappa shape index (κ2) is 11.7. The Bertz CT molecular complexity index is 984. The van der Waals surface area contributed by atoms with E-state index in [9.17, 15) is 4.79 Å². The molecule has 1 unspecified atom stereocenters. The lowest BCUT2D eigenvalue weighted by Crippen LogP contribution is -2.50. The predicted octanol–water partition coefficient (Wildman–Crippen LogP) is 1.51. The fourth-order valence-corrected chi connectivity index (χ4v) is 5.00. The first-order valence-corrected chi connectivity index (χ1v) is 12.9. The maximum atomic E-state index is 12.6. The summed E-state index contributed by atoms with van der Waals surface area (Å²) in [5.41, 5.74) is 0. The van der Waals surface area contributed by atoms with E-state index in [-0.39, 0.29) is 12.5 Å². The summed E-state index contributed by atoms with van der Waals surface area (Å²) >= 11 is 0. The van der Waals surface area contributed by atoms with E-state index in [1.54, 1.807) is 13.2 Å². The first-order valence-electron chi connectivity index (χ1n) is 12.9. The van der Waals surface area contributed by atoms with Crippen LogP contribution in [-0.4, -0.2) is 111 Å². The van der Waals surface area contributed by atoms with Gasteiger partial charge in [0.25, 0.3) is 5.91 Å². The van der Waals surface area contributed by atoms with Crippen LogP contribution in [0.3, 0.4) is 0 Å². The number of carbonyl (C=O) groups is 1. The molecule has 0 N–H and O–H groups in total. The minimum Gasteiger partial charge on any atom is -0.497 e. The topological polar surface area (TPSA) is 83.5 Å². The maximum absolute atomic E-state index is 12.6. The largest absolute Gasteiger partial charge is 0.497 e. The van der Waals surface area contributed by atoms with Crippen LogP contribution in [0.5, 0.6) is 11.5 Å². The fraction of sp³-hybridized carbons (Fsp3) is 0.577. The molecule has 1 aromatic carbocycles. The van der Waals surface area contributed by atoms with Gasteiger partial charge in [-0.3, -0.25) is 9.69 Å². The normalized spacial score (nSPS) is 21.0. The molecular formula is C26H36N6O4. The SMILES string of the molecule is COc1cccc(OCC(=O)N2CCN(c3ccc(N4CCN(CC5CCCO5)CC4)nn3)CC2)c1. The van der Waals surface area contributed by atoms with Crippen molar-refractivity contribution in [1.29, 1.82) is 0 Å². The van der Waals surface area contributed by atoms with E-state index in [0.29, 0.717) is 30.7 Å². The molecule has 4 heterocycles. The van der Waals surface area contributed by atoms with Crippen molar-refractivity contribution in [3.05, 3.63) is 36.4 Å². The minimum absolute atomic E-state index is 0.0162. The Labute approximate surface area is 212 Å². The standard InChI is InChI=1S/C26H36N6O4/c1-34-21-4-2-5-22(18-21)36-20-26(33)32-15-13-31(14-16-32)25-8-7-24(27-28-25)30-11-9-29(10-12-30)19-23-6-3-17-35-23/h2,4-5,7-8,18,23H,3,6,9-17,19-20H2,1H3. The van der Waals surface area contributed by atoms with Crippen molar-refractivity contribution in [3.8, 4) is 11.5 Å². The number of amides is 1. The molecule has 0 bridgehead atoms. The van der Waals surface area contributed by atoms with Gasteiger partial charge in [0.15, 0.2) is 18.2 Å². The smallest absolute Gasteiger partial charge is 0.260 e. The summed E-state index contributed by atoms with van der Waals surface area (Å²) in [6.07, 6.45) is 2.79. The highest BCUT2D eigenvalue weighted by Gasteiger charge is 2.25. The Morgan fingerprint density at radius 2 is 1.61 bits per heavy atom. The number of carbonyl (C=O) groups excluding carboxylic acids is 1. The molecule has 3 aliphatic rings. The molecule has 1 amide bonds. The molecule has 10 nitrogen and oxygen atoms in total. The highest BCUT2D eigenvalue weighted by Crippen LogP contribution is 2.21. The quantitative estimate of drug-likeness (QED) is 0.540. The van der Waals surface area contributed by atoms with E-state index in [1.165, 1.54) is 12.8 Å². The molecule has 194 valence electrons. The van der Waals surface area contributed by atoms with Crippen LogP contribution in [0.2, 0.25) is 0 Å². The van der Waals surface area contributed by atoms with Crippen LogP contribution in [0.1, 0.15) is 12.8 Å². The van der Waals surface area contributed by atoms with Crippen LogP contribution >= 0.6 is 0 Å². The molecule has 1 aromatic heterocycles. The lowest BCUT2D eigenvalue weighted by atomic mass is 10.2. The number of nitrogens with zero attached hydrogens (tertiary/aromatic N) is 6. The average molecular weight is 497 g/mol. The van der Waals surface area contributed by atoms with Crippen molar-refractivity contribution in [2.75, 3.05) is 89.0 Å². The van der Waals surface area contributed by atoms with Crippen molar-refractivity contribution in [1.82, 2.24) is 20.0 Å². The Morgan fingerprint density at radius 1 is 0.944 bits per heavy atom. The zero-order chi connectivity index (χ0) is 24.7. The van der Waals surface area contributed by atoms with Crippen LogP contribution < -0.4 is 19.3 Å². The molecule has 0 aliphatic carbocycles. The number of methoxy groups -OCH3 is 1. The maximum Gasteiger partial charge on any atom is 0.260 e. The molecule has 1 atom stereocenters. The number of aromatic nitrogens is 2. The van der Waals surface area contributed by atoms with Crippen molar-refractivity contribution < 1.29 is 19.0 Å². The van der Waals surface area contributed by atoms with Crippen LogP contribution in [0.15, 0.2) is 36.4 Å². The fourth-order valence-electron chi connectivity index (χ4n) is 5.00. The van der Waals surface area contributed by atoms with Gasteiger partial charge in [-0.15, -0.1) is 10.2 Å². The van der Waals surface area contributed by atoms with Crippen molar-refractivity contribution >= 4 is 17.5 Å². The summed E-state index contributed by atoms with van der Waals surface area (Å²) in [4.78, 5) is 21.4. The van der Waals surface area contributed by atoms with Crippen LogP contribution in [0.25, 0.3) is 0 Å². The number of hydrogen-bond donors (Lipinski definition) is 0. The minimum atomic E-state index is -0.0162. The molecule has 0 saturated carbocycles. The van der Waals surface area contributed by atoms with Crippen LogP contribution in [0.4, 0.5) is 11.6 Å². The Kier molecular flexibility index (Phi) is 8.02. The lowest BCUT2D eigenvalue weighted by molar-refractivity contribution is -0.133. The second-order valence-electron chi connectivity index (χ2n) is 9.51. The van der Waals surface area contributed by atoms with E-state index in [2.05, 4.69) is 31.0 Å². The van der Waals surface area contributed by atoms with E-state index in [0.717, 1.165) is 64.1 Å². The number of piperazine rings is 2. The summed E-state index contributed by atoms with van der Waals surface area (Å²) < 4.78 is 16.6. The summed E-state index contributed by atoms with van der Waals surface area (Å²) in [5, 5.41) is 9.02. The van der Waals surface area contributed by atoms with Gasteiger partial charge in [-0.05, 0) is 37.1 Å². The second-order valence-corrected chi connectivity index (χ2v) is 9.51. The molecule has 3 fully saturated rings. The third-order valence-electron chi connectivity index (χ3n) is 7.18. The third kappa shape index (κ3) is 6.17. The Balaban J connectivity index is 1.05.